The van der Waals surface area contributed by atoms with E-state index in [9.17, 15) is 17.6 Å². The zero-order valence-corrected chi connectivity index (χ0v) is 35.5. The van der Waals surface area contributed by atoms with E-state index in [1.165, 1.54) is 153 Å². The van der Waals surface area contributed by atoms with E-state index in [-0.39, 0.29) is 0 Å². The first-order valence-electron chi connectivity index (χ1n) is 23.7. The number of hydrogen-bond acceptors (Lipinski definition) is 1. The van der Waals surface area contributed by atoms with Gasteiger partial charge in [0.1, 0.15) is 0 Å². The lowest BCUT2D eigenvalue weighted by molar-refractivity contribution is 0.152. The van der Waals surface area contributed by atoms with E-state index >= 15 is 0 Å². The molecule has 0 saturated heterocycles. The minimum atomic E-state index is -0.822. The Balaban J connectivity index is 1.06. The molecule has 57 heavy (non-hydrogen) atoms. The van der Waals surface area contributed by atoms with Crippen LogP contribution in [0.3, 0.4) is 0 Å². The van der Waals surface area contributed by atoms with Gasteiger partial charge in [0, 0.05) is 0 Å². The quantitative estimate of drug-likeness (QED) is 0.108. The van der Waals surface area contributed by atoms with Gasteiger partial charge in [-0.05, 0) is 171 Å². The van der Waals surface area contributed by atoms with Crippen LogP contribution in [0.5, 0.6) is 0 Å². The van der Waals surface area contributed by atoms with Crippen molar-refractivity contribution in [2.24, 2.45) is 47.3 Å². The number of allylic oxidation sites excluding steroid dienone is 2. The van der Waals surface area contributed by atoms with Crippen LogP contribution in [0.2, 0.25) is 0 Å². The van der Waals surface area contributed by atoms with Crippen molar-refractivity contribution in [2.45, 2.75) is 168 Å². The normalized spacial score (nSPS) is 29.1. The molecule has 1 nitrogen and oxygen atoms in total. The summed E-state index contributed by atoms with van der Waals surface area (Å²) in [5, 5.41) is 0. The lowest BCUT2D eigenvalue weighted by Gasteiger charge is -2.38. The monoisotopic (exact) mass is 791 g/mol. The van der Waals surface area contributed by atoms with Gasteiger partial charge in [-0.3, -0.25) is 0 Å². The smallest absolute Gasteiger partial charge is 0.159 e. The topological polar surface area (TPSA) is 9.23 Å². The van der Waals surface area contributed by atoms with Gasteiger partial charge in [0.2, 0.25) is 0 Å². The SMILES string of the molecule is CCCCCC1CCC(C2CCC(C(=CCOCC=C(c3ccc(F)c(F)c3)C3CCC(C4CCC(CCCCC)CC4)CC3)c3ccc(F)c(F)c3)CC2)CC1. The van der Waals surface area contributed by atoms with Crippen LogP contribution >= 0.6 is 0 Å². The predicted molar refractivity (Wildman–Crippen MR) is 230 cm³/mol. The van der Waals surface area contributed by atoms with Gasteiger partial charge in [0.25, 0.3) is 0 Å². The molecule has 0 bridgehead atoms. The molecule has 0 atom stereocenters. The molecule has 6 rings (SSSR count). The molecule has 4 aliphatic carbocycles. The van der Waals surface area contributed by atoms with Crippen molar-refractivity contribution in [2.75, 3.05) is 13.2 Å². The minimum absolute atomic E-state index is 0.291. The molecule has 316 valence electrons. The Morgan fingerprint density at radius 2 is 0.825 bits per heavy atom. The third-order valence-electron chi connectivity index (χ3n) is 15.3. The van der Waals surface area contributed by atoms with Gasteiger partial charge in [-0.2, -0.15) is 0 Å². The van der Waals surface area contributed by atoms with Crippen LogP contribution in [-0.2, 0) is 4.74 Å². The lowest BCUT2D eigenvalue weighted by atomic mass is 9.67. The standard InChI is InChI=1S/C52H74F4O/c1-3-5-7-9-37-11-15-39(16-12-37)41-19-23-43(24-20-41)47(45-27-29-49(53)51(55)35-45)31-33-57-34-32-48(46-28-30-50(54)52(56)36-46)44-25-21-42(22-26-44)40-17-13-38(14-18-40)10-8-6-4-2/h27-32,35-44H,3-26,33-34H2,1-2H3. The Bertz CT molecular complexity index is 1430. The molecule has 0 aromatic heterocycles. The molecule has 0 amide bonds. The molecular formula is C52H74F4O. The lowest BCUT2D eigenvalue weighted by Crippen LogP contribution is -2.26. The summed E-state index contributed by atoms with van der Waals surface area (Å²) in [6.45, 7) is 5.28. The molecule has 0 N–H and O–H groups in total. The zero-order chi connectivity index (χ0) is 40.0. The summed E-state index contributed by atoms with van der Waals surface area (Å²) in [6, 6.07) is 8.62. The molecule has 0 radical (unpaired) electrons. The molecule has 0 aliphatic heterocycles. The zero-order valence-electron chi connectivity index (χ0n) is 35.5. The second-order valence-electron chi connectivity index (χ2n) is 18.9. The first-order valence-corrected chi connectivity index (χ1v) is 23.7. The van der Waals surface area contributed by atoms with E-state index in [2.05, 4.69) is 26.0 Å². The van der Waals surface area contributed by atoms with Crippen molar-refractivity contribution in [3.8, 4) is 0 Å². The van der Waals surface area contributed by atoms with E-state index in [1.54, 1.807) is 12.1 Å². The van der Waals surface area contributed by atoms with E-state index in [1.807, 2.05) is 0 Å². The third kappa shape index (κ3) is 12.8. The van der Waals surface area contributed by atoms with Gasteiger partial charge in [-0.15, -0.1) is 0 Å². The number of ether oxygens (including phenoxy) is 1. The van der Waals surface area contributed by atoms with Crippen molar-refractivity contribution >= 4 is 11.1 Å². The van der Waals surface area contributed by atoms with Gasteiger partial charge in [0.05, 0.1) is 13.2 Å². The van der Waals surface area contributed by atoms with Crippen molar-refractivity contribution in [1.82, 2.24) is 0 Å². The molecule has 4 aliphatic rings. The van der Waals surface area contributed by atoms with Crippen LogP contribution in [0, 0.1) is 70.6 Å². The first-order chi connectivity index (χ1) is 27.8. The maximum absolute atomic E-state index is 14.6. The summed E-state index contributed by atoms with van der Waals surface area (Å²) in [4.78, 5) is 0. The highest BCUT2D eigenvalue weighted by Crippen LogP contribution is 2.47. The summed E-state index contributed by atoms with van der Waals surface area (Å²) < 4.78 is 63.5. The molecule has 5 heteroatoms. The fourth-order valence-corrected chi connectivity index (χ4v) is 11.8. The number of unbranched alkanes of at least 4 members (excludes halogenated alkanes) is 4. The van der Waals surface area contributed by atoms with Gasteiger partial charge < -0.3 is 4.74 Å². The predicted octanol–water partition coefficient (Wildman–Crippen LogP) is 16.1. The van der Waals surface area contributed by atoms with Crippen molar-refractivity contribution in [3.05, 3.63) is 82.9 Å². The Morgan fingerprint density at radius 1 is 0.474 bits per heavy atom. The molecule has 0 spiro atoms. The molecule has 0 heterocycles. The third-order valence-corrected chi connectivity index (χ3v) is 15.3. The average molecular weight is 791 g/mol. The summed E-state index contributed by atoms with van der Waals surface area (Å²) >= 11 is 0. The summed E-state index contributed by atoms with van der Waals surface area (Å²) in [7, 11) is 0. The van der Waals surface area contributed by atoms with Crippen molar-refractivity contribution in [1.29, 1.82) is 0 Å². The van der Waals surface area contributed by atoms with Crippen LogP contribution in [0.15, 0.2) is 48.6 Å². The van der Waals surface area contributed by atoms with E-state index in [0.717, 1.165) is 83.5 Å². The highest BCUT2D eigenvalue weighted by molar-refractivity contribution is 5.68. The number of benzene rings is 2. The summed E-state index contributed by atoms with van der Waals surface area (Å²) in [6.07, 6.45) is 35.1. The van der Waals surface area contributed by atoms with Crippen LogP contribution in [-0.4, -0.2) is 13.2 Å². The largest absolute Gasteiger partial charge is 0.373 e. The second kappa shape index (κ2) is 22.8. The van der Waals surface area contributed by atoms with Crippen LogP contribution in [0.1, 0.15) is 179 Å². The molecule has 2 aromatic carbocycles. The fraction of sp³-hybridized carbons (Fsp3) is 0.692. The highest BCUT2D eigenvalue weighted by atomic mass is 19.2. The Labute approximate surface area is 343 Å². The van der Waals surface area contributed by atoms with Gasteiger partial charge in [-0.1, -0.05) is 115 Å². The number of hydrogen-bond donors (Lipinski definition) is 0. The highest BCUT2D eigenvalue weighted by Gasteiger charge is 2.34. The minimum Gasteiger partial charge on any atom is -0.373 e. The maximum Gasteiger partial charge on any atom is 0.159 e. The molecular weight excluding hydrogens is 717 g/mol. The van der Waals surface area contributed by atoms with Gasteiger partial charge in [0.15, 0.2) is 23.3 Å². The maximum atomic E-state index is 14.6. The van der Waals surface area contributed by atoms with Crippen LogP contribution < -0.4 is 0 Å². The Kier molecular flexibility index (Phi) is 17.7. The van der Waals surface area contributed by atoms with E-state index < -0.39 is 23.3 Å². The van der Waals surface area contributed by atoms with Crippen molar-refractivity contribution in [3.63, 3.8) is 0 Å². The fourth-order valence-electron chi connectivity index (χ4n) is 11.8. The average Bonchev–Trinajstić information content (AvgIpc) is 3.24. The van der Waals surface area contributed by atoms with Crippen molar-refractivity contribution < 1.29 is 22.3 Å². The number of halogens is 4. The summed E-state index contributed by atoms with van der Waals surface area (Å²) in [5.41, 5.74) is 3.61. The summed E-state index contributed by atoms with van der Waals surface area (Å²) in [5.74, 6) is 2.36. The van der Waals surface area contributed by atoms with Crippen LogP contribution in [0.4, 0.5) is 17.6 Å². The second-order valence-corrected chi connectivity index (χ2v) is 18.9. The molecule has 4 saturated carbocycles. The van der Waals surface area contributed by atoms with E-state index in [4.69, 9.17) is 4.74 Å². The molecule has 4 fully saturated rings. The number of rotatable bonds is 18. The van der Waals surface area contributed by atoms with Gasteiger partial charge in [-0.25, -0.2) is 17.6 Å². The molecule has 2 aromatic rings. The Hall–Kier alpha value is -2.40. The van der Waals surface area contributed by atoms with Crippen LogP contribution in [0.25, 0.3) is 11.1 Å². The van der Waals surface area contributed by atoms with E-state index in [0.29, 0.717) is 25.0 Å². The Morgan fingerprint density at radius 3 is 1.16 bits per heavy atom. The first kappa shape index (κ1) is 44.2. The molecule has 0 unspecified atom stereocenters. The van der Waals surface area contributed by atoms with Gasteiger partial charge >= 0.3 is 0 Å².